The van der Waals surface area contributed by atoms with Crippen molar-refractivity contribution in [2.75, 3.05) is 6.54 Å². The molecule has 0 aliphatic heterocycles. The SMILES string of the molecule is O=C(NCCc1ncc[nH]1)c1cc(F)cc(F)c1. The van der Waals surface area contributed by atoms with Crippen LogP contribution in [0.2, 0.25) is 0 Å². The molecular formula is C12H11F2N3O. The fourth-order valence-electron chi connectivity index (χ4n) is 1.52. The zero-order chi connectivity index (χ0) is 13.0. The van der Waals surface area contributed by atoms with Crippen LogP contribution in [0.15, 0.2) is 30.6 Å². The van der Waals surface area contributed by atoms with Crippen LogP contribution in [-0.4, -0.2) is 22.4 Å². The maximum Gasteiger partial charge on any atom is 0.251 e. The van der Waals surface area contributed by atoms with Crippen molar-refractivity contribution < 1.29 is 13.6 Å². The minimum atomic E-state index is -0.772. The Bertz CT molecular complexity index is 520. The van der Waals surface area contributed by atoms with Gasteiger partial charge in [-0.15, -0.1) is 0 Å². The number of nitrogens with one attached hydrogen (secondary N) is 2. The number of hydrogen-bond donors (Lipinski definition) is 2. The third-order valence-electron chi connectivity index (χ3n) is 2.33. The number of carbonyl (C=O) groups excluding carboxylic acids is 1. The van der Waals surface area contributed by atoms with Crippen molar-refractivity contribution in [2.24, 2.45) is 0 Å². The Labute approximate surface area is 102 Å². The monoisotopic (exact) mass is 251 g/mol. The lowest BCUT2D eigenvalue weighted by molar-refractivity contribution is 0.0953. The Balaban J connectivity index is 1.91. The predicted molar refractivity (Wildman–Crippen MR) is 61.0 cm³/mol. The van der Waals surface area contributed by atoms with Crippen LogP contribution in [0.25, 0.3) is 0 Å². The molecule has 1 aromatic heterocycles. The van der Waals surface area contributed by atoms with Crippen LogP contribution in [-0.2, 0) is 6.42 Å². The number of benzene rings is 1. The van der Waals surface area contributed by atoms with Crippen molar-refractivity contribution in [2.45, 2.75) is 6.42 Å². The fraction of sp³-hybridized carbons (Fsp3) is 0.167. The van der Waals surface area contributed by atoms with Gasteiger partial charge in [-0.3, -0.25) is 4.79 Å². The molecular weight excluding hydrogens is 240 g/mol. The number of carbonyl (C=O) groups is 1. The van der Waals surface area contributed by atoms with Gasteiger partial charge in [-0.2, -0.15) is 0 Å². The summed E-state index contributed by atoms with van der Waals surface area (Å²) in [6, 6.07) is 2.70. The van der Waals surface area contributed by atoms with Gasteiger partial charge in [0.1, 0.15) is 17.5 Å². The van der Waals surface area contributed by atoms with Crippen molar-refractivity contribution in [1.29, 1.82) is 0 Å². The van der Waals surface area contributed by atoms with E-state index in [0.717, 1.165) is 24.0 Å². The summed E-state index contributed by atoms with van der Waals surface area (Å²) in [6.07, 6.45) is 3.81. The normalized spacial score (nSPS) is 10.3. The number of halogens is 2. The highest BCUT2D eigenvalue weighted by molar-refractivity contribution is 5.94. The first-order valence-corrected chi connectivity index (χ1v) is 5.38. The molecule has 4 nitrogen and oxygen atoms in total. The second kappa shape index (κ2) is 5.39. The molecule has 6 heteroatoms. The average molecular weight is 251 g/mol. The van der Waals surface area contributed by atoms with E-state index in [2.05, 4.69) is 15.3 Å². The van der Waals surface area contributed by atoms with Crippen molar-refractivity contribution >= 4 is 5.91 Å². The molecule has 0 atom stereocenters. The predicted octanol–water partition coefficient (Wildman–Crippen LogP) is 1.66. The maximum absolute atomic E-state index is 12.9. The van der Waals surface area contributed by atoms with E-state index in [9.17, 15) is 13.6 Å². The molecule has 0 aliphatic carbocycles. The van der Waals surface area contributed by atoms with Gasteiger partial charge in [0.05, 0.1) is 0 Å². The van der Waals surface area contributed by atoms with E-state index in [4.69, 9.17) is 0 Å². The molecule has 0 unspecified atom stereocenters. The van der Waals surface area contributed by atoms with E-state index >= 15 is 0 Å². The topological polar surface area (TPSA) is 57.8 Å². The van der Waals surface area contributed by atoms with E-state index in [1.165, 1.54) is 0 Å². The third-order valence-corrected chi connectivity index (χ3v) is 2.33. The van der Waals surface area contributed by atoms with Gasteiger partial charge in [0.2, 0.25) is 0 Å². The highest BCUT2D eigenvalue weighted by Crippen LogP contribution is 2.07. The highest BCUT2D eigenvalue weighted by atomic mass is 19.1. The molecule has 0 fully saturated rings. The molecule has 0 bridgehead atoms. The summed E-state index contributed by atoms with van der Waals surface area (Å²) in [7, 11) is 0. The molecule has 0 aliphatic rings. The summed E-state index contributed by atoms with van der Waals surface area (Å²) >= 11 is 0. The number of amides is 1. The average Bonchev–Trinajstić information content (AvgIpc) is 2.80. The number of H-pyrrole nitrogens is 1. The summed E-state index contributed by atoms with van der Waals surface area (Å²) in [4.78, 5) is 18.5. The summed E-state index contributed by atoms with van der Waals surface area (Å²) < 4.78 is 25.8. The van der Waals surface area contributed by atoms with Crippen molar-refractivity contribution in [3.63, 3.8) is 0 Å². The molecule has 2 aromatic rings. The Morgan fingerprint density at radius 1 is 1.28 bits per heavy atom. The van der Waals surface area contributed by atoms with E-state index in [0.29, 0.717) is 13.0 Å². The van der Waals surface area contributed by atoms with Crippen LogP contribution in [0.1, 0.15) is 16.2 Å². The minimum Gasteiger partial charge on any atom is -0.352 e. The molecule has 18 heavy (non-hydrogen) atoms. The van der Waals surface area contributed by atoms with Gasteiger partial charge in [-0.1, -0.05) is 0 Å². The lowest BCUT2D eigenvalue weighted by Gasteiger charge is -2.04. The Morgan fingerprint density at radius 2 is 2.00 bits per heavy atom. The molecule has 0 saturated carbocycles. The standard InChI is InChI=1S/C12H11F2N3O/c13-9-5-8(6-10(14)7-9)12(18)17-2-1-11-15-3-4-16-11/h3-7H,1-2H2,(H,15,16)(H,17,18). The second-order valence-corrected chi connectivity index (χ2v) is 3.70. The molecule has 1 amide bonds. The van der Waals surface area contributed by atoms with Gasteiger partial charge in [0.15, 0.2) is 0 Å². The van der Waals surface area contributed by atoms with Gasteiger partial charge < -0.3 is 10.3 Å². The zero-order valence-corrected chi connectivity index (χ0v) is 9.41. The summed E-state index contributed by atoms with van der Waals surface area (Å²) in [6.45, 7) is 0.338. The van der Waals surface area contributed by atoms with Crippen LogP contribution in [0.5, 0.6) is 0 Å². The number of nitrogens with zero attached hydrogens (tertiary/aromatic N) is 1. The molecule has 0 radical (unpaired) electrons. The Hall–Kier alpha value is -2.24. The molecule has 2 N–H and O–H groups in total. The number of aromatic amines is 1. The minimum absolute atomic E-state index is 0.0352. The number of hydrogen-bond acceptors (Lipinski definition) is 2. The Morgan fingerprint density at radius 3 is 2.61 bits per heavy atom. The smallest absolute Gasteiger partial charge is 0.251 e. The summed E-state index contributed by atoms with van der Waals surface area (Å²) in [5.41, 5.74) is -0.0352. The number of aromatic nitrogens is 2. The first-order valence-electron chi connectivity index (χ1n) is 5.38. The van der Waals surface area contributed by atoms with Crippen LogP contribution in [0, 0.1) is 11.6 Å². The first-order chi connectivity index (χ1) is 8.65. The zero-order valence-electron chi connectivity index (χ0n) is 9.41. The lowest BCUT2D eigenvalue weighted by Crippen LogP contribution is -2.26. The maximum atomic E-state index is 12.9. The molecule has 0 spiro atoms. The van der Waals surface area contributed by atoms with Crippen molar-refractivity contribution in [3.05, 3.63) is 53.6 Å². The quantitative estimate of drug-likeness (QED) is 0.868. The third kappa shape index (κ3) is 3.13. The van der Waals surface area contributed by atoms with Gasteiger partial charge in [-0.25, -0.2) is 13.8 Å². The number of rotatable bonds is 4. The summed E-state index contributed by atoms with van der Waals surface area (Å²) in [5, 5.41) is 2.56. The lowest BCUT2D eigenvalue weighted by atomic mass is 10.2. The second-order valence-electron chi connectivity index (χ2n) is 3.70. The van der Waals surface area contributed by atoms with E-state index in [1.807, 2.05) is 0 Å². The van der Waals surface area contributed by atoms with Crippen LogP contribution < -0.4 is 5.32 Å². The Kier molecular flexibility index (Phi) is 3.66. The summed E-state index contributed by atoms with van der Waals surface area (Å²) in [5.74, 6) is -1.32. The van der Waals surface area contributed by atoms with Crippen LogP contribution in [0.4, 0.5) is 8.78 Å². The van der Waals surface area contributed by atoms with Crippen molar-refractivity contribution in [3.8, 4) is 0 Å². The molecule has 94 valence electrons. The van der Waals surface area contributed by atoms with E-state index in [1.54, 1.807) is 12.4 Å². The van der Waals surface area contributed by atoms with E-state index in [-0.39, 0.29) is 5.56 Å². The molecule has 2 rings (SSSR count). The van der Waals surface area contributed by atoms with Gasteiger partial charge >= 0.3 is 0 Å². The first kappa shape index (κ1) is 12.2. The molecule has 1 heterocycles. The highest BCUT2D eigenvalue weighted by Gasteiger charge is 2.08. The molecule has 1 aromatic carbocycles. The van der Waals surface area contributed by atoms with Crippen LogP contribution >= 0.6 is 0 Å². The number of imidazole rings is 1. The van der Waals surface area contributed by atoms with Crippen molar-refractivity contribution in [1.82, 2.24) is 15.3 Å². The largest absolute Gasteiger partial charge is 0.352 e. The molecule has 0 saturated heterocycles. The van der Waals surface area contributed by atoms with Gasteiger partial charge in [0, 0.05) is 37.0 Å². The fourth-order valence-corrected chi connectivity index (χ4v) is 1.52. The van der Waals surface area contributed by atoms with Gasteiger partial charge in [-0.05, 0) is 12.1 Å². The van der Waals surface area contributed by atoms with Crippen LogP contribution in [0.3, 0.4) is 0 Å². The van der Waals surface area contributed by atoms with E-state index < -0.39 is 17.5 Å². The van der Waals surface area contributed by atoms with Gasteiger partial charge in [0.25, 0.3) is 5.91 Å².